The van der Waals surface area contributed by atoms with Crippen molar-refractivity contribution in [3.05, 3.63) is 107 Å². The van der Waals surface area contributed by atoms with Crippen molar-refractivity contribution < 1.29 is 64.1 Å². The van der Waals surface area contributed by atoms with E-state index in [1.54, 1.807) is 0 Å². The predicted molar refractivity (Wildman–Crippen MR) is 526 cm³/mol. The first-order valence-electron chi connectivity index (χ1n) is 52.0. The molecule has 0 spiro atoms. The number of carbonyl (C=O) groups excluding carboxylic acids is 4. The average Bonchev–Trinajstić information content (AvgIpc) is 0.795. The summed E-state index contributed by atoms with van der Waals surface area (Å²) in [5.74, 6) is -3.60. The Balaban J connectivity index is 0.00000244. The molecule has 716 valence electrons. The Kier molecular flexibility index (Phi) is 89.5. The number of carbonyl (C=O) groups is 4. The molecule has 0 aliphatic carbocycles. The Bertz CT molecular complexity index is 2950. The second kappa shape index (κ2) is 92.2. The van der Waals surface area contributed by atoms with Crippen LogP contribution in [0.1, 0.15) is 557 Å². The zero-order valence-electron chi connectivity index (χ0n) is 80.9. The monoisotopic (exact) mass is 1810 g/mol. The van der Waals surface area contributed by atoms with Gasteiger partial charge in [0.1, 0.15) is 20.2 Å². The topological polar surface area (TPSA) is 220 Å². The molecule has 17 heteroatoms. The third kappa shape index (κ3) is 76.6. The van der Waals surface area contributed by atoms with E-state index in [1.165, 1.54) is 410 Å². The number of unbranched alkanes of at least 4 members (excludes halogenated alkanes) is 72. The molecule has 0 fully saturated rings. The minimum atomic E-state index is -5.02. The number of allylic oxidation sites excluding steroid dienone is 8. The van der Waals surface area contributed by atoms with Crippen LogP contribution in [0, 0.1) is 0 Å². The molecule has 0 heterocycles. The van der Waals surface area contributed by atoms with Gasteiger partial charge in [-0.2, -0.15) is 0 Å². The Labute approximate surface area is 798 Å². The molecule has 2 aromatic carbocycles. The fourth-order valence-electron chi connectivity index (χ4n) is 16.6. The molecular weight excluding hydrogens is 1630 g/mol. The fourth-order valence-corrected chi connectivity index (χ4v) is 18.0. The minimum Gasteiger partial charge on any atom is -0.744 e. The van der Waals surface area contributed by atoms with Crippen LogP contribution in [0.4, 0.5) is 0 Å². The van der Waals surface area contributed by atoms with Gasteiger partial charge < -0.3 is 28.1 Å². The summed E-state index contributed by atoms with van der Waals surface area (Å²) < 4.78 is 93.9. The van der Waals surface area contributed by atoms with Crippen molar-refractivity contribution in [2.45, 2.75) is 525 Å². The van der Waals surface area contributed by atoms with E-state index in [1.807, 2.05) is 0 Å². The van der Waals surface area contributed by atoms with Crippen molar-refractivity contribution in [3.63, 3.8) is 0 Å². The Morgan fingerprint density at radius 1 is 0.224 bits per heavy atom. The quantitative estimate of drug-likeness (QED) is 0.0150. The normalized spacial score (nSPS) is 11.8. The molecule has 0 bridgehead atoms. The molecule has 0 radical (unpaired) electrons. The summed E-state index contributed by atoms with van der Waals surface area (Å²) in [6.45, 7) is 8.90. The van der Waals surface area contributed by atoms with Gasteiger partial charge in [-0.3, -0.25) is 0 Å². The standard InChI is InChI=1S/2C54H94O7S.Ca/c2*1-3-5-7-9-11-13-15-17-19-21-23-25-27-29-31-33-35-37-39-41-43-48-60-53(55)50-46-45-47-51(62(57,58)59)52(50)54(56)61-49-44-42-40-38-36-34-32-30-28-26-24-22-20-18-16-14-12-10-8-6-4-2;/h2*3-6,45-47H,7-44,48-49H2,1-2H3,(H,57,58,59);/q;;+2/p-2/b2*5-3+,6-4+;. The van der Waals surface area contributed by atoms with E-state index >= 15 is 0 Å². The third-order valence-corrected chi connectivity index (χ3v) is 26.1. The second-order valence-electron chi connectivity index (χ2n) is 35.7. The molecular formula is C108H186CaO14S2. The summed E-state index contributed by atoms with van der Waals surface area (Å²) in [5.41, 5.74) is -1.53. The van der Waals surface area contributed by atoms with Crippen LogP contribution in [-0.2, 0) is 39.2 Å². The first kappa shape index (κ1) is 121. The van der Waals surface area contributed by atoms with Gasteiger partial charge in [-0.1, -0.05) is 472 Å². The van der Waals surface area contributed by atoms with Gasteiger partial charge >= 0.3 is 61.6 Å². The number of rotatable bonds is 90. The van der Waals surface area contributed by atoms with E-state index in [2.05, 4.69) is 76.3 Å². The van der Waals surface area contributed by atoms with Crippen LogP contribution in [0.25, 0.3) is 0 Å². The smallest absolute Gasteiger partial charge is 0.744 e. The molecule has 0 aliphatic rings. The van der Waals surface area contributed by atoms with Crippen LogP contribution < -0.4 is 0 Å². The van der Waals surface area contributed by atoms with Crippen LogP contribution in [0.15, 0.2) is 94.8 Å². The maximum absolute atomic E-state index is 13.1. The molecule has 0 amide bonds. The van der Waals surface area contributed by atoms with E-state index in [0.717, 1.165) is 89.2 Å². The number of benzene rings is 2. The van der Waals surface area contributed by atoms with Gasteiger partial charge in [0.25, 0.3) is 0 Å². The molecule has 2 aromatic rings. The van der Waals surface area contributed by atoms with Crippen molar-refractivity contribution in [1.29, 1.82) is 0 Å². The summed E-state index contributed by atoms with van der Waals surface area (Å²) in [6, 6.07) is 7.31. The van der Waals surface area contributed by atoms with Gasteiger partial charge in [0.2, 0.25) is 0 Å². The van der Waals surface area contributed by atoms with Gasteiger partial charge in [0, 0.05) is 0 Å². The van der Waals surface area contributed by atoms with Crippen molar-refractivity contribution in [1.82, 2.24) is 0 Å². The maximum atomic E-state index is 13.1. The fraction of sp³-hybridized carbons (Fsp3) is 0.778. The first-order chi connectivity index (χ1) is 60.6. The summed E-state index contributed by atoms with van der Waals surface area (Å²) >= 11 is 0. The van der Waals surface area contributed by atoms with Crippen molar-refractivity contribution in [3.8, 4) is 0 Å². The van der Waals surface area contributed by atoms with Gasteiger partial charge in [-0.05, 0) is 129 Å². The number of hydrogen-bond acceptors (Lipinski definition) is 14. The summed E-state index contributed by atoms with van der Waals surface area (Å²) in [4.78, 5) is 50.7. The molecule has 14 nitrogen and oxygen atoms in total. The van der Waals surface area contributed by atoms with Gasteiger partial charge in [-0.25, -0.2) is 36.0 Å². The SMILES string of the molecule is C/C=C/CCCCCCCCCCCCCCCCCCCCOC(=O)c1cccc(S(=O)(=O)[O-])c1C(=O)OCCCCCCCCCCCCCCCCCCCC/C=C/C.C/C=C/CCCCCCCCCCCCCCCCCCCCOC(=O)c1cccc(S(=O)(=O)[O-])c1C(=O)OCCCCCCCCCCCCCCCCCCCC/C=C/C.[Ca+2]. The summed E-state index contributed by atoms with van der Waals surface area (Å²) in [6.07, 6.45) is 113. The third-order valence-electron chi connectivity index (χ3n) is 24.4. The van der Waals surface area contributed by atoms with Crippen molar-refractivity contribution in [2.24, 2.45) is 0 Å². The van der Waals surface area contributed by atoms with Crippen LogP contribution >= 0.6 is 0 Å². The largest absolute Gasteiger partial charge is 2.00 e. The molecule has 125 heavy (non-hydrogen) atoms. The first-order valence-corrected chi connectivity index (χ1v) is 54.8. The predicted octanol–water partition coefficient (Wildman–Crippen LogP) is 33.4. The van der Waals surface area contributed by atoms with Crippen molar-refractivity contribution in [2.75, 3.05) is 26.4 Å². The number of esters is 4. The molecule has 0 unspecified atom stereocenters. The van der Waals surface area contributed by atoms with Crippen LogP contribution in [-0.4, -0.2) is 114 Å². The van der Waals surface area contributed by atoms with Crippen LogP contribution in [0.5, 0.6) is 0 Å². The maximum Gasteiger partial charge on any atom is 2.00 e. The zero-order valence-corrected chi connectivity index (χ0v) is 84.7. The van der Waals surface area contributed by atoms with E-state index in [4.69, 9.17) is 18.9 Å². The van der Waals surface area contributed by atoms with Crippen molar-refractivity contribution >= 4 is 81.9 Å². The molecule has 2 rings (SSSR count). The van der Waals surface area contributed by atoms with E-state index in [-0.39, 0.29) is 75.3 Å². The Morgan fingerprint density at radius 2 is 0.360 bits per heavy atom. The Hall–Kier alpha value is -3.64. The average molecular weight is 1810 g/mol. The summed E-state index contributed by atoms with van der Waals surface area (Å²) in [7, 11) is -10.0. The Morgan fingerprint density at radius 3 is 0.504 bits per heavy atom. The molecule has 0 aliphatic heterocycles. The van der Waals surface area contributed by atoms with Gasteiger partial charge in [0.15, 0.2) is 0 Å². The van der Waals surface area contributed by atoms with Gasteiger partial charge in [0.05, 0.1) is 58.5 Å². The molecule has 0 atom stereocenters. The molecule has 0 saturated carbocycles. The van der Waals surface area contributed by atoms with E-state index < -0.39 is 65.0 Å². The second-order valence-corrected chi connectivity index (χ2v) is 38.4. The molecule has 0 N–H and O–H groups in total. The van der Waals surface area contributed by atoms with Crippen LogP contribution in [0.2, 0.25) is 0 Å². The van der Waals surface area contributed by atoms with Gasteiger partial charge in [-0.15, -0.1) is 0 Å². The minimum absolute atomic E-state index is 0. The molecule has 0 aromatic heterocycles. The number of hydrogen-bond donors (Lipinski definition) is 0. The summed E-state index contributed by atoms with van der Waals surface area (Å²) in [5, 5.41) is 0. The number of ether oxygens (including phenoxy) is 4. The van der Waals surface area contributed by atoms with E-state index in [0.29, 0.717) is 25.7 Å². The zero-order chi connectivity index (χ0) is 90.1. The molecule has 0 saturated heterocycles. The van der Waals surface area contributed by atoms with Crippen LogP contribution in [0.3, 0.4) is 0 Å². The van der Waals surface area contributed by atoms with E-state index in [9.17, 15) is 45.1 Å².